The molecular formula is C22H25N3O2S2. The highest BCUT2D eigenvalue weighted by Crippen LogP contribution is 2.35. The number of methoxy groups -OCH3 is 1. The summed E-state index contributed by atoms with van der Waals surface area (Å²) in [6, 6.07) is 10.3. The Morgan fingerprint density at radius 2 is 2.07 bits per heavy atom. The molecule has 0 N–H and O–H groups in total. The van der Waals surface area contributed by atoms with Crippen LogP contribution in [0.3, 0.4) is 0 Å². The molecule has 0 atom stereocenters. The molecule has 2 aliphatic rings. The van der Waals surface area contributed by atoms with E-state index in [0.717, 1.165) is 54.1 Å². The Balaban J connectivity index is 1.72. The quantitative estimate of drug-likeness (QED) is 0.523. The van der Waals surface area contributed by atoms with Crippen molar-refractivity contribution in [3.05, 3.63) is 40.8 Å². The van der Waals surface area contributed by atoms with Crippen LogP contribution in [0.5, 0.6) is 0 Å². The van der Waals surface area contributed by atoms with Crippen molar-refractivity contribution in [1.82, 2.24) is 9.88 Å². The van der Waals surface area contributed by atoms with Gasteiger partial charge < -0.3 is 9.64 Å². The average molecular weight is 428 g/mol. The minimum atomic E-state index is -0.0524. The summed E-state index contributed by atoms with van der Waals surface area (Å²) in [6.07, 6.45) is 4.28. The number of fused-ring (bicyclic) bond motifs is 1. The molecule has 1 amide bonds. The number of piperidine rings is 1. The first-order valence-corrected chi connectivity index (χ1v) is 11.2. The van der Waals surface area contributed by atoms with Crippen molar-refractivity contribution in [3.8, 4) is 0 Å². The average Bonchev–Trinajstić information content (AvgIpc) is 2.99. The smallest absolute Gasteiger partial charge is 0.266 e. The zero-order chi connectivity index (χ0) is 20.4. The first-order chi connectivity index (χ1) is 14.1. The fourth-order valence-electron chi connectivity index (χ4n) is 3.72. The fourth-order valence-corrected chi connectivity index (χ4v) is 5.02. The van der Waals surface area contributed by atoms with Crippen molar-refractivity contribution in [2.45, 2.75) is 19.8 Å². The molecule has 0 spiro atoms. The largest absolute Gasteiger partial charge is 0.383 e. The molecule has 0 aliphatic carbocycles. The SMILES string of the molecule is COCCN1C(=O)/C(=C/c2cc3ccccc3nc2N2CCC(C)CC2)SC1=S. The Morgan fingerprint density at radius 1 is 1.31 bits per heavy atom. The maximum Gasteiger partial charge on any atom is 0.266 e. The van der Waals surface area contributed by atoms with E-state index in [1.165, 1.54) is 11.8 Å². The lowest BCUT2D eigenvalue weighted by Gasteiger charge is -2.32. The number of aromatic nitrogens is 1. The van der Waals surface area contributed by atoms with Crippen LogP contribution < -0.4 is 4.90 Å². The van der Waals surface area contributed by atoms with Crippen molar-refractivity contribution >= 4 is 57.0 Å². The van der Waals surface area contributed by atoms with Crippen molar-refractivity contribution in [1.29, 1.82) is 0 Å². The van der Waals surface area contributed by atoms with Gasteiger partial charge in [-0.15, -0.1) is 0 Å². The minimum absolute atomic E-state index is 0.0524. The van der Waals surface area contributed by atoms with Gasteiger partial charge in [0.2, 0.25) is 0 Å². The summed E-state index contributed by atoms with van der Waals surface area (Å²) in [7, 11) is 1.62. The summed E-state index contributed by atoms with van der Waals surface area (Å²) in [5.74, 6) is 1.65. The summed E-state index contributed by atoms with van der Waals surface area (Å²) in [5, 5.41) is 1.07. The van der Waals surface area contributed by atoms with Crippen molar-refractivity contribution in [2.24, 2.45) is 5.92 Å². The van der Waals surface area contributed by atoms with E-state index >= 15 is 0 Å². The summed E-state index contributed by atoms with van der Waals surface area (Å²) >= 11 is 6.77. The number of nitrogens with zero attached hydrogens (tertiary/aromatic N) is 3. The van der Waals surface area contributed by atoms with Gasteiger partial charge in [0, 0.05) is 31.1 Å². The van der Waals surface area contributed by atoms with Gasteiger partial charge in [-0.2, -0.15) is 0 Å². The van der Waals surface area contributed by atoms with Crippen LogP contribution >= 0.6 is 24.0 Å². The summed E-state index contributed by atoms with van der Waals surface area (Å²) < 4.78 is 5.69. The van der Waals surface area contributed by atoms with E-state index in [1.807, 2.05) is 24.3 Å². The molecule has 0 unspecified atom stereocenters. The van der Waals surface area contributed by atoms with Gasteiger partial charge in [-0.25, -0.2) is 4.98 Å². The predicted molar refractivity (Wildman–Crippen MR) is 124 cm³/mol. The molecule has 2 aliphatic heterocycles. The number of rotatable bonds is 5. The predicted octanol–water partition coefficient (Wildman–Crippen LogP) is 4.32. The Bertz CT molecular complexity index is 968. The third kappa shape index (κ3) is 4.32. The second-order valence-corrected chi connectivity index (χ2v) is 9.27. The third-order valence-electron chi connectivity index (χ3n) is 5.49. The van der Waals surface area contributed by atoms with Gasteiger partial charge in [-0.1, -0.05) is 49.1 Å². The minimum Gasteiger partial charge on any atom is -0.383 e. The molecule has 152 valence electrons. The van der Waals surface area contributed by atoms with Crippen LogP contribution in [-0.2, 0) is 9.53 Å². The maximum atomic E-state index is 12.9. The van der Waals surface area contributed by atoms with Crippen LogP contribution in [0, 0.1) is 5.92 Å². The standard InChI is InChI=1S/C22H25N3O2S2/c1-15-7-9-24(10-8-15)20-17(13-16-5-3-4-6-18(16)23-20)14-19-21(26)25(11-12-27-2)22(28)29-19/h3-6,13-15H,7-12H2,1-2H3/b19-14-. The van der Waals surface area contributed by atoms with Gasteiger partial charge in [0.25, 0.3) is 5.91 Å². The first-order valence-electron chi connectivity index (χ1n) is 9.96. The monoisotopic (exact) mass is 427 g/mol. The van der Waals surface area contributed by atoms with Crippen LogP contribution in [0.25, 0.3) is 17.0 Å². The molecule has 29 heavy (non-hydrogen) atoms. The Morgan fingerprint density at radius 3 is 2.83 bits per heavy atom. The van der Waals surface area contributed by atoms with E-state index in [9.17, 15) is 4.79 Å². The molecule has 1 aromatic heterocycles. The Hall–Kier alpha value is -1.96. The lowest BCUT2D eigenvalue weighted by atomic mass is 9.98. The Labute approximate surface area is 181 Å². The van der Waals surface area contributed by atoms with Gasteiger partial charge in [-0.05, 0) is 37.0 Å². The van der Waals surface area contributed by atoms with Gasteiger partial charge in [0.1, 0.15) is 10.1 Å². The molecule has 2 saturated heterocycles. The van der Waals surface area contributed by atoms with Gasteiger partial charge >= 0.3 is 0 Å². The zero-order valence-corrected chi connectivity index (χ0v) is 18.4. The van der Waals surface area contributed by atoms with E-state index < -0.39 is 0 Å². The van der Waals surface area contributed by atoms with Crippen LogP contribution in [0.2, 0.25) is 0 Å². The molecule has 0 radical (unpaired) electrons. The molecule has 0 saturated carbocycles. The molecule has 3 heterocycles. The second kappa shape index (κ2) is 8.81. The second-order valence-electron chi connectivity index (χ2n) is 7.59. The van der Waals surface area contributed by atoms with Crippen LogP contribution in [-0.4, -0.2) is 53.5 Å². The molecule has 5 nitrogen and oxygen atoms in total. The lowest BCUT2D eigenvalue weighted by molar-refractivity contribution is -0.122. The molecule has 4 rings (SSSR count). The molecule has 7 heteroatoms. The van der Waals surface area contributed by atoms with E-state index in [4.69, 9.17) is 21.9 Å². The number of thiocarbonyl (C=S) groups is 1. The molecular weight excluding hydrogens is 402 g/mol. The number of hydrogen-bond acceptors (Lipinski definition) is 6. The van der Waals surface area contributed by atoms with Crippen molar-refractivity contribution in [2.75, 3.05) is 38.3 Å². The van der Waals surface area contributed by atoms with Gasteiger partial charge in [0.05, 0.1) is 23.6 Å². The van der Waals surface area contributed by atoms with E-state index in [1.54, 1.807) is 12.0 Å². The number of pyridine rings is 1. The number of ether oxygens (including phenoxy) is 1. The van der Waals surface area contributed by atoms with Gasteiger partial charge in [0.15, 0.2) is 0 Å². The maximum absolute atomic E-state index is 12.9. The topological polar surface area (TPSA) is 45.7 Å². The fraction of sp³-hybridized carbons (Fsp3) is 0.409. The third-order valence-corrected chi connectivity index (χ3v) is 6.87. The van der Waals surface area contributed by atoms with Crippen LogP contribution in [0.4, 0.5) is 5.82 Å². The van der Waals surface area contributed by atoms with Gasteiger partial charge in [-0.3, -0.25) is 9.69 Å². The summed E-state index contributed by atoms with van der Waals surface area (Å²) in [6.45, 7) is 5.22. The van der Waals surface area contributed by atoms with E-state index in [0.29, 0.717) is 22.4 Å². The molecule has 2 fully saturated rings. The summed E-state index contributed by atoms with van der Waals surface area (Å²) in [4.78, 5) is 22.5. The molecule has 1 aromatic carbocycles. The lowest BCUT2D eigenvalue weighted by Crippen LogP contribution is -2.34. The van der Waals surface area contributed by atoms with Crippen LogP contribution in [0.15, 0.2) is 35.2 Å². The zero-order valence-electron chi connectivity index (χ0n) is 16.8. The number of anilines is 1. The highest BCUT2D eigenvalue weighted by atomic mass is 32.2. The van der Waals surface area contributed by atoms with Crippen LogP contribution in [0.1, 0.15) is 25.3 Å². The molecule has 0 bridgehead atoms. The number of hydrogen-bond donors (Lipinski definition) is 0. The number of carbonyl (C=O) groups is 1. The van der Waals surface area contributed by atoms with Crippen molar-refractivity contribution in [3.63, 3.8) is 0 Å². The number of amides is 1. The van der Waals surface area contributed by atoms with E-state index in [-0.39, 0.29) is 5.91 Å². The first kappa shape index (κ1) is 20.3. The number of para-hydroxylation sites is 1. The summed E-state index contributed by atoms with van der Waals surface area (Å²) in [5.41, 5.74) is 1.96. The Kier molecular flexibility index (Phi) is 6.18. The number of benzene rings is 1. The highest BCUT2D eigenvalue weighted by molar-refractivity contribution is 8.26. The number of carbonyl (C=O) groups excluding carboxylic acids is 1. The normalized spacial score (nSPS) is 19.7. The highest BCUT2D eigenvalue weighted by Gasteiger charge is 2.32. The van der Waals surface area contributed by atoms with Crippen molar-refractivity contribution < 1.29 is 9.53 Å². The number of thioether (sulfide) groups is 1. The van der Waals surface area contributed by atoms with E-state index in [2.05, 4.69) is 24.0 Å². The molecule has 2 aromatic rings.